The van der Waals surface area contributed by atoms with Crippen molar-refractivity contribution < 1.29 is 9.18 Å². The highest BCUT2D eigenvalue weighted by Crippen LogP contribution is 2.26. The minimum Gasteiger partial charge on any atom is -0.326 e. The van der Waals surface area contributed by atoms with Gasteiger partial charge in [0.05, 0.1) is 0 Å². The van der Waals surface area contributed by atoms with E-state index in [0.717, 1.165) is 15.1 Å². The molecule has 0 radical (unpaired) electrons. The molecule has 0 atom stereocenters. The van der Waals surface area contributed by atoms with Crippen LogP contribution in [0.2, 0.25) is 0 Å². The molecule has 0 aliphatic heterocycles. The summed E-state index contributed by atoms with van der Waals surface area (Å²) in [5, 5.41) is 2.71. The highest BCUT2D eigenvalue weighted by Gasteiger charge is 2.04. The largest absolute Gasteiger partial charge is 0.326 e. The minimum absolute atomic E-state index is 0.0957. The normalized spacial score (nSPS) is 10.3. The van der Waals surface area contributed by atoms with E-state index in [-0.39, 0.29) is 11.7 Å². The number of halogens is 2. The minimum atomic E-state index is -0.199. The second kappa shape index (κ2) is 6.90. The summed E-state index contributed by atoms with van der Waals surface area (Å²) in [5.74, 6) is 0.266. The first-order chi connectivity index (χ1) is 9.54. The number of carbonyl (C=O) groups is 1. The van der Waals surface area contributed by atoms with Crippen molar-refractivity contribution in [1.29, 1.82) is 0 Å². The second-order valence-electron chi connectivity index (χ2n) is 4.23. The van der Waals surface area contributed by atoms with E-state index < -0.39 is 0 Å². The Hall–Kier alpha value is -1.33. The van der Waals surface area contributed by atoms with Gasteiger partial charge in [-0.2, -0.15) is 0 Å². The maximum Gasteiger partial charge on any atom is 0.221 e. The van der Waals surface area contributed by atoms with Gasteiger partial charge in [0.1, 0.15) is 5.82 Å². The lowest BCUT2D eigenvalue weighted by Gasteiger charge is -2.06. The van der Waals surface area contributed by atoms with Gasteiger partial charge in [-0.15, -0.1) is 11.8 Å². The standard InChI is InChI=1S/C15H13BrFNOS/c1-10(19)18-13-3-5-14(6-4-13)20-9-11-8-12(16)2-7-15(11)17/h2-8H,9H2,1H3,(H,18,19). The summed E-state index contributed by atoms with van der Waals surface area (Å²) in [7, 11) is 0. The van der Waals surface area contributed by atoms with Gasteiger partial charge in [-0.05, 0) is 48.0 Å². The molecule has 0 saturated heterocycles. The predicted molar refractivity (Wildman–Crippen MR) is 84.4 cm³/mol. The van der Waals surface area contributed by atoms with E-state index in [1.807, 2.05) is 24.3 Å². The summed E-state index contributed by atoms with van der Waals surface area (Å²) in [6, 6.07) is 12.4. The number of nitrogens with one attached hydrogen (secondary N) is 1. The Morgan fingerprint density at radius 3 is 2.60 bits per heavy atom. The second-order valence-corrected chi connectivity index (χ2v) is 6.19. The Bertz CT molecular complexity index is 616. The molecule has 104 valence electrons. The van der Waals surface area contributed by atoms with Crippen LogP contribution in [0.1, 0.15) is 12.5 Å². The Kier molecular flexibility index (Phi) is 5.20. The lowest BCUT2D eigenvalue weighted by molar-refractivity contribution is -0.114. The maximum atomic E-state index is 13.6. The van der Waals surface area contributed by atoms with Crippen LogP contribution in [0.3, 0.4) is 0 Å². The molecule has 5 heteroatoms. The van der Waals surface area contributed by atoms with Crippen LogP contribution in [-0.4, -0.2) is 5.91 Å². The Labute approximate surface area is 129 Å². The third-order valence-electron chi connectivity index (χ3n) is 2.58. The van der Waals surface area contributed by atoms with Crippen LogP contribution in [0.15, 0.2) is 51.8 Å². The lowest BCUT2D eigenvalue weighted by atomic mass is 10.2. The Balaban J connectivity index is 2.00. The monoisotopic (exact) mass is 353 g/mol. The molecular formula is C15H13BrFNOS. The van der Waals surface area contributed by atoms with Crippen LogP contribution in [-0.2, 0) is 10.5 Å². The van der Waals surface area contributed by atoms with Gasteiger partial charge in [0, 0.05) is 27.7 Å². The van der Waals surface area contributed by atoms with Crippen molar-refractivity contribution in [2.75, 3.05) is 5.32 Å². The zero-order chi connectivity index (χ0) is 14.5. The number of hydrogen-bond donors (Lipinski definition) is 1. The fourth-order valence-corrected chi connectivity index (χ4v) is 2.93. The number of hydrogen-bond acceptors (Lipinski definition) is 2. The van der Waals surface area contributed by atoms with Crippen LogP contribution in [0, 0.1) is 5.82 Å². The third-order valence-corrected chi connectivity index (χ3v) is 4.13. The SMILES string of the molecule is CC(=O)Nc1ccc(SCc2cc(Br)ccc2F)cc1. The van der Waals surface area contributed by atoms with Gasteiger partial charge in [-0.1, -0.05) is 15.9 Å². The first-order valence-electron chi connectivity index (χ1n) is 5.99. The van der Waals surface area contributed by atoms with E-state index in [0.29, 0.717) is 11.3 Å². The van der Waals surface area contributed by atoms with Crippen LogP contribution in [0.4, 0.5) is 10.1 Å². The summed E-state index contributed by atoms with van der Waals surface area (Å²) in [6.45, 7) is 1.47. The number of anilines is 1. The molecule has 2 aromatic carbocycles. The van der Waals surface area contributed by atoms with Gasteiger partial charge in [0.2, 0.25) is 5.91 Å². The van der Waals surface area contributed by atoms with Crippen LogP contribution in [0.5, 0.6) is 0 Å². The molecule has 1 N–H and O–H groups in total. The van der Waals surface area contributed by atoms with Gasteiger partial charge in [-0.3, -0.25) is 4.79 Å². The topological polar surface area (TPSA) is 29.1 Å². The van der Waals surface area contributed by atoms with Crippen molar-refractivity contribution in [3.8, 4) is 0 Å². The van der Waals surface area contributed by atoms with E-state index in [1.54, 1.807) is 23.9 Å². The number of carbonyl (C=O) groups excluding carboxylic acids is 1. The molecule has 0 aromatic heterocycles. The molecule has 0 heterocycles. The van der Waals surface area contributed by atoms with Crippen molar-refractivity contribution in [2.45, 2.75) is 17.6 Å². The van der Waals surface area contributed by atoms with Crippen molar-refractivity contribution in [3.05, 3.63) is 58.3 Å². The summed E-state index contributed by atoms with van der Waals surface area (Å²) < 4.78 is 14.5. The summed E-state index contributed by atoms with van der Waals surface area (Å²) in [6.07, 6.45) is 0. The maximum absolute atomic E-state index is 13.6. The first-order valence-corrected chi connectivity index (χ1v) is 7.77. The van der Waals surface area contributed by atoms with Crippen molar-refractivity contribution in [2.24, 2.45) is 0 Å². The number of rotatable bonds is 4. The fraction of sp³-hybridized carbons (Fsp3) is 0.133. The highest BCUT2D eigenvalue weighted by atomic mass is 79.9. The van der Waals surface area contributed by atoms with Gasteiger partial charge in [-0.25, -0.2) is 4.39 Å². The molecule has 1 amide bonds. The van der Waals surface area contributed by atoms with E-state index in [1.165, 1.54) is 13.0 Å². The molecule has 0 fully saturated rings. The molecule has 2 nitrogen and oxygen atoms in total. The lowest BCUT2D eigenvalue weighted by Crippen LogP contribution is -2.05. The van der Waals surface area contributed by atoms with Crippen LogP contribution >= 0.6 is 27.7 Å². The van der Waals surface area contributed by atoms with E-state index >= 15 is 0 Å². The summed E-state index contributed by atoms with van der Waals surface area (Å²) in [5.41, 5.74) is 1.42. The van der Waals surface area contributed by atoms with E-state index in [4.69, 9.17) is 0 Å². The van der Waals surface area contributed by atoms with Crippen LogP contribution < -0.4 is 5.32 Å². The summed E-state index contributed by atoms with van der Waals surface area (Å²) >= 11 is 4.89. The average molecular weight is 354 g/mol. The van der Waals surface area contributed by atoms with Gasteiger partial charge in [0.25, 0.3) is 0 Å². The van der Waals surface area contributed by atoms with Crippen molar-refractivity contribution >= 4 is 39.3 Å². The van der Waals surface area contributed by atoms with Gasteiger partial charge < -0.3 is 5.32 Å². The number of benzene rings is 2. The molecule has 2 rings (SSSR count). The van der Waals surface area contributed by atoms with Crippen LogP contribution in [0.25, 0.3) is 0 Å². The van der Waals surface area contributed by atoms with Crippen molar-refractivity contribution in [1.82, 2.24) is 0 Å². The smallest absolute Gasteiger partial charge is 0.221 e. The van der Waals surface area contributed by atoms with E-state index in [2.05, 4.69) is 21.2 Å². The molecular weight excluding hydrogens is 341 g/mol. The molecule has 0 aliphatic rings. The average Bonchev–Trinajstić information content (AvgIpc) is 2.41. The summed E-state index contributed by atoms with van der Waals surface area (Å²) in [4.78, 5) is 11.9. The first kappa shape index (κ1) is 15.1. The molecule has 0 aliphatic carbocycles. The van der Waals surface area contributed by atoms with Crippen molar-refractivity contribution in [3.63, 3.8) is 0 Å². The number of thioether (sulfide) groups is 1. The quantitative estimate of drug-likeness (QED) is 0.796. The Morgan fingerprint density at radius 2 is 1.95 bits per heavy atom. The molecule has 0 saturated carbocycles. The molecule has 0 bridgehead atoms. The third kappa shape index (κ3) is 4.35. The molecule has 20 heavy (non-hydrogen) atoms. The fourth-order valence-electron chi connectivity index (χ4n) is 1.65. The zero-order valence-electron chi connectivity index (χ0n) is 10.8. The highest BCUT2D eigenvalue weighted by molar-refractivity contribution is 9.10. The van der Waals surface area contributed by atoms with Gasteiger partial charge >= 0.3 is 0 Å². The number of amides is 1. The molecule has 0 spiro atoms. The predicted octanol–water partition coefficient (Wildman–Crippen LogP) is 4.84. The molecule has 2 aromatic rings. The van der Waals surface area contributed by atoms with Gasteiger partial charge in [0.15, 0.2) is 0 Å². The molecule has 0 unspecified atom stereocenters. The van der Waals surface area contributed by atoms with E-state index in [9.17, 15) is 9.18 Å². The zero-order valence-corrected chi connectivity index (χ0v) is 13.2. The Morgan fingerprint density at radius 1 is 1.25 bits per heavy atom.